The Kier molecular flexibility index (Phi) is 5.32. The van der Waals surface area contributed by atoms with Gasteiger partial charge in [-0.3, -0.25) is 0 Å². The molecule has 0 aromatic heterocycles. The standard InChI is InChI=1S/C14H10BrCl3FN/c15-10-4-3-9(14(19)13(10)18)12(20)5-7-1-2-8(16)6-11(7)17/h1-4,6,12H,5,20H2. The average molecular weight is 398 g/mol. The second-order valence-corrected chi connectivity index (χ2v) is 6.39. The molecule has 106 valence electrons. The van der Waals surface area contributed by atoms with E-state index in [1.54, 1.807) is 30.3 Å². The number of hydrogen-bond donors (Lipinski definition) is 1. The SMILES string of the molecule is NC(Cc1ccc(Cl)cc1Cl)c1ccc(Br)c(Cl)c1F. The Morgan fingerprint density at radius 1 is 1.15 bits per heavy atom. The van der Waals surface area contributed by atoms with E-state index in [0.29, 0.717) is 26.5 Å². The number of hydrogen-bond acceptors (Lipinski definition) is 1. The van der Waals surface area contributed by atoms with Crippen molar-refractivity contribution in [3.8, 4) is 0 Å². The third-order valence-corrected chi connectivity index (χ3v) is 4.77. The summed E-state index contributed by atoms with van der Waals surface area (Å²) in [6, 6.07) is 7.88. The Balaban J connectivity index is 2.28. The van der Waals surface area contributed by atoms with Crippen molar-refractivity contribution in [1.82, 2.24) is 0 Å². The highest BCUT2D eigenvalue weighted by atomic mass is 79.9. The van der Waals surface area contributed by atoms with Crippen molar-refractivity contribution < 1.29 is 4.39 Å². The van der Waals surface area contributed by atoms with E-state index < -0.39 is 11.9 Å². The van der Waals surface area contributed by atoms with Crippen LogP contribution in [0.25, 0.3) is 0 Å². The first-order chi connectivity index (χ1) is 9.40. The third kappa shape index (κ3) is 3.46. The van der Waals surface area contributed by atoms with Gasteiger partial charge in [-0.25, -0.2) is 4.39 Å². The second kappa shape index (κ2) is 6.63. The molecule has 1 atom stereocenters. The summed E-state index contributed by atoms with van der Waals surface area (Å²) in [6.45, 7) is 0. The Morgan fingerprint density at radius 2 is 1.85 bits per heavy atom. The van der Waals surface area contributed by atoms with Crippen LogP contribution in [0.2, 0.25) is 15.1 Å². The van der Waals surface area contributed by atoms with Gasteiger partial charge in [0.05, 0.1) is 5.02 Å². The van der Waals surface area contributed by atoms with Gasteiger partial charge in [0.2, 0.25) is 0 Å². The van der Waals surface area contributed by atoms with E-state index in [1.165, 1.54) is 0 Å². The van der Waals surface area contributed by atoms with Gasteiger partial charge in [-0.1, -0.05) is 46.9 Å². The van der Waals surface area contributed by atoms with Gasteiger partial charge in [-0.05, 0) is 46.1 Å². The van der Waals surface area contributed by atoms with Crippen LogP contribution in [0.4, 0.5) is 4.39 Å². The molecule has 0 saturated heterocycles. The Labute approximate surface area is 140 Å². The van der Waals surface area contributed by atoms with Crippen molar-refractivity contribution in [1.29, 1.82) is 0 Å². The predicted molar refractivity (Wildman–Crippen MR) is 86.2 cm³/mol. The summed E-state index contributed by atoms with van der Waals surface area (Å²) < 4.78 is 14.6. The number of halogens is 5. The summed E-state index contributed by atoms with van der Waals surface area (Å²) in [5, 5.41) is 1.09. The number of rotatable bonds is 3. The average Bonchev–Trinajstić information content (AvgIpc) is 2.39. The topological polar surface area (TPSA) is 26.0 Å². The summed E-state index contributed by atoms with van der Waals surface area (Å²) in [4.78, 5) is 0. The Morgan fingerprint density at radius 3 is 2.50 bits per heavy atom. The van der Waals surface area contributed by atoms with Gasteiger partial charge < -0.3 is 5.73 Å². The first kappa shape index (κ1) is 16.1. The monoisotopic (exact) mass is 395 g/mol. The molecule has 2 aromatic rings. The van der Waals surface area contributed by atoms with E-state index in [0.717, 1.165) is 5.56 Å². The van der Waals surface area contributed by atoms with Crippen molar-refractivity contribution in [2.45, 2.75) is 12.5 Å². The van der Waals surface area contributed by atoms with Gasteiger partial charge in [-0.15, -0.1) is 0 Å². The van der Waals surface area contributed by atoms with Crippen LogP contribution in [0.15, 0.2) is 34.8 Å². The minimum absolute atomic E-state index is 0.0279. The number of benzene rings is 2. The van der Waals surface area contributed by atoms with Crippen LogP contribution in [0, 0.1) is 5.82 Å². The smallest absolute Gasteiger partial charge is 0.147 e. The molecule has 0 bridgehead atoms. The first-order valence-electron chi connectivity index (χ1n) is 5.73. The molecule has 0 spiro atoms. The molecule has 20 heavy (non-hydrogen) atoms. The number of nitrogens with two attached hydrogens (primary N) is 1. The molecule has 0 fully saturated rings. The largest absolute Gasteiger partial charge is 0.324 e. The van der Waals surface area contributed by atoms with Crippen LogP contribution in [-0.2, 0) is 6.42 Å². The fourth-order valence-electron chi connectivity index (χ4n) is 1.86. The van der Waals surface area contributed by atoms with E-state index >= 15 is 0 Å². The molecule has 6 heteroatoms. The zero-order valence-corrected chi connectivity index (χ0v) is 14.0. The van der Waals surface area contributed by atoms with Gasteiger partial charge in [0.1, 0.15) is 5.82 Å². The maximum absolute atomic E-state index is 14.1. The molecule has 0 radical (unpaired) electrons. The third-order valence-electron chi connectivity index (χ3n) is 2.92. The molecule has 0 heterocycles. The van der Waals surface area contributed by atoms with Crippen molar-refractivity contribution in [3.05, 3.63) is 66.8 Å². The zero-order chi connectivity index (χ0) is 14.9. The fraction of sp³-hybridized carbons (Fsp3) is 0.143. The predicted octanol–water partition coefficient (Wildman–Crippen LogP) is 5.79. The molecule has 2 aromatic carbocycles. The maximum Gasteiger partial charge on any atom is 0.147 e. The van der Waals surface area contributed by atoms with Crippen LogP contribution < -0.4 is 5.73 Å². The molecule has 0 aliphatic carbocycles. The molecule has 0 aliphatic heterocycles. The van der Waals surface area contributed by atoms with Crippen LogP contribution in [0.5, 0.6) is 0 Å². The zero-order valence-electron chi connectivity index (χ0n) is 10.1. The van der Waals surface area contributed by atoms with E-state index in [9.17, 15) is 4.39 Å². The van der Waals surface area contributed by atoms with Crippen molar-refractivity contribution in [3.63, 3.8) is 0 Å². The van der Waals surface area contributed by atoms with Crippen molar-refractivity contribution in [2.24, 2.45) is 5.73 Å². The van der Waals surface area contributed by atoms with Crippen LogP contribution in [0.3, 0.4) is 0 Å². The summed E-state index contributed by atoms with van der Waals surface area (Å²) >= 11 is 21.0. The molecule has 1 unspecified atom stereocenters. The lowest BCUT2D eigenvalue weighted by Crippen LogP contribution is -2.15. The maximum atomic E-state index is 14.1. The Bertz CT molecular complexity index is 649. The van der Waals surface area contributed by atoms with Gasteiger partial charge in [-0.2, -0.15) is 0 Å². The molecular weight excluding hydrogens is 387 g/mol. The van der Waals surface area contributed by atoms with E-state index in [-0.39, 0.29) is 5.02 Å². The molecule has 2 N–H and O–H groups in total. The van der Waals surface area contributed by atoms with Crippen LogP contribution >= 0.6 is 50.7 Å². The summed E-state index contributed by atoms with van der Waals surface area (Å²) in [7, 11) is 0. The highest BCUT2D eigenvalue weighted by Crippen LogP contribution is 2.32. The van der Waals surface area contributed by atoms with Crippen LogP contribution in [0.1, 0.15) is 17.2 Å². The quantitative estimate of drug-likeness (QED) is 0.652. The van der Waals surface area contributed by atoms with Gasteiger partial charge in [0.15, 0.2) is 0 Å². The van der Waals surface area contributed by atoms with E-state index in [2.05, 4.69) is 15.9 Å². The normalized spacial score (nSPS) is 12.5. The van der Waals surface area contributed by atoms with Gasteiger partial charge in [0.25, 0.3) is 0 Å². The summed E-state index contributed by atoms with van der Waals surface area (Å²) in [6.07, 6.45) is 0.394. The molecule has 0 amide bonds. The van der Waals surface area contributed by atoms with E-state index in [1.807, 2.05) is 0 Å². The molecule has 0 saturated carbocycles. The second-order valence-electron chi connectivity index (χ2n) is 4.31. The summed E-state index contributed by atoms with van der Waals surface area (Å²) in [5.74, 6) is -0.515. The van der Waals surface area contributed by atoms with Crippen LogP contribution in [-0.4, -0.2) is 0 Å². The van der Waals surface area contributed by atoms with Gasteiger partial charge in [0, 0.05) is 26.1 Å². The summed E-state index contributed by atoms with van der Waals surface area (Å²) in [5.41, 5.74) is 7.21. The van der Waals surface area contributed by atoms with Gasteiger partial charge >= 0.3 is 0 Å². The van der Waals surface area contributed by atoms with E-state index in [4.69, 9.17) is 40.5 Å². The minimum Gasteiger partial charge on any atom is -0.324 e. The molecular formula is C14H10BrCl3FN. The van der Waals surface area contributed by atoms with Crippen molar-refractivity contribution in [2.75, 3.05) is 0 Å². The fourth-order valence-corrected chi connectivity index (χ4v) is 2.83. The lowest BCUT2D eigenvalue weighted by Gasteiger charge is -2.15. The molecule has 2 rings (SSSR count). The lowest BCUT2D eigenvalue weighted by atomic mass is 9.99. The molecule has 1 nitrogen and oxygen atoms in total. The highest BCUT2D eigenvalue weighted by molar-refractivity contribution is 9.10. The minimum atomic E-state index is -0.542. The first-order valence-corrected chi connectivity index (χ1v) is 7.65. The highest BCUT2D eigenvalue weighted by Gasteiger charge is 2.17. The van der Waals surface area contributed by atoms with Crippen molar-refractivity contribution >= 4 is 50.7 Å². The Hall–Kier alpha value is -0.320. The lowest BCUT2D eigenvalue weighted by molar-refractivity contribution is 0.580. The molecule has 0 aliphatic rings.